The molecule has 1 amide bonds. The van der Waals surface area contributed by atoms with Crippen LogP contribution in [0.1, 0.15) is 0 Å². The minimum Gasteiger partial charge on any atom is -0.484 e. The van der Waals surface area contributed by atoms with Gasteiger partial charge < -0.3 is 4.74 Å². The number of para-hydroxylation sites is 2. The number of carbonyl (C=O) groups excluding carboxylic acids is 1. The molecule has 0 aliphatic carbocycles. The van der Waals surface area contributed by atoms with E-state index in [0.29, 0.717) is 5.75 Å². The van der Waals surface area contributed by atoms with Gasteiger partial charge in [-0.05, 0) is 48.5 Å². The first-order valence-electron chi connectivity index (χ1n) is 7.80. The van der Waals surface area contributed by atoms with Gasteiger partial charge in [0, 0.05) is 4.47 Å². The van der Waals surface area contributed by atoms with Gasteiger partial charge in [0.1, 0.15) is 5.75 Å². The van der Waals surface area contributed by atoms with Gasteiger partial charge in [-0.25, -0.2) is 0 Å². The molecule has 0 aliphatic heterocycles. The Morgan fingerprint density at radius 2 is 1.36 bits per heavy atom. The molecule has 0 aromatic heterocycles. The lowest BCUT2D eigenvalue weighted by molar-refractivity contribution is -0.123. The third-order valence-corrected chi connectivity index (χ3v) is 3.98. The second-order valence-electron chi connectivity index (χ2n) is 5.28. The zero-order chi connectivity index (χ0) is 17.5. The standard InChI is InChI=1S/C20H17BrN2O2/c21-16-11-13-19(14-12-16)25-15-20(24)22-23(17-7-3-1-4-8-17)18-9-5-2-6-10-18/h1-14H,15H2,(H,22,24). The second kappa shape index (κ2) is 8.35. The summed E-state index contributed by atoms with van der Waals surface area (Å²) in [5, 5.41) is 1.74. The van der Waals surface area contributed by atoms with Crippen LogP contribution >= 0.6 is 15.9 Å². The minimum atomic E-state index is -0.240. The summed E-state index contributed by atoms with van der Waals surface area (Å²) in [7, 11) is 0. The smallest absolute Gasteiger partial charge is 0.276 e. The molecule has 0 unspecified atom stereocenters. The Kier molecular flexibility index (Phi) is 5.69. The van der Waals surface area contributed by atoms with Gasteiger partial charge in [-0.15, -0.1) is 0 Å². The summed E-state index contributed by atoms with van der Waals surface area (Å²) in [6.45, 7) is -0.0716. The Balaban J connectivity index is 1.69. The van der Waals surface area contributed by atoms with Gasteiger partial charge in [-0.1, -0.05) is 52.3 Å². The van der Waals surface area contributed by atoms with Gasteiger partial charge in [0.15, 0.2) is 6.61 Å². The number of rotatable bonds is 6. The number of hydrogen-bond acceptors (Lipinski definition) is 3. The fraction of sp³-hybridized carbons (Fsp3) is 0.0500. The van der Waals surface area contributed by atoms with Crippen LogP contribution in [0.2, 0.25) is 0 Å². The van der Waals surface area contributed by atoms with Crippen molar-refractivity contribution in [2.45, 2.75) is 0 Å². The van der Waals surface area contributed by atoms with Crippen LogP contribution < -0.4 is 15.2 Å². The Morgan fingerprint density at radius 3 is 1.88 bits per heavy atom. The van der Waals surface area contributed by atoms with Crippen molar-refractivity contribution < 1.29 is 9.53 Å². The first kappa shape index (κ1) is 17.0. The fourth-order valence-corrected chi connectivity index (χ4v) is 2.53. The van der Waals surface area contributed by atoms with Crippen molar-refractivity contribution in [1.29, 1.82) is 0 Å². The van der Waals surface area contributed by atoms with Crippen molar-refractivity contribution in [3.05, 3.63) is 89.4 Å². The van der Waals surface area contributed by atoms with Crippen molar-refractivity contribution in [3.8, 4) is 5.75 Å². The third-order valence-electron chi connectivity index (χ3n) is 3.45. The van der Waals surface area contributed by atoms with Gasteiger partial charge in [0.05, 0.1) is 11.4 Å². The lowest BCUT2D eigenvalue weighted by Crippen LogP contribution is -2.41. The molecule has 0 heterocycles. The highest BCUT2D eigenvalue weighted by Crippen LogP contribution is 2.22. The van der Waals surface area contributed by atoms with Crippen molar-refractivity contribution >= 4 is 33.2 Å². The Hall–Kier alpha value is -2.79. The van der Waals surface area contributed by atoms with E-state index in [1.54, 1.807) is 5.01 Å². The maximum absolute atomic E-state index is 12.4. The summed E-state index contributed by atoms with van der Waals surface area (Å²) in [5.74, 6) is 0.403. The number of halogens is 1. The van der Waals surface area contributed by atoms with Crippen LogP contribution in [-0.2, 0) is 4.79 Å². The SMILES string of the molecule is O=C(COc1ccc(Br)cc1)NN(c1ccccc1)c1ccccc1. The monoisotopic (exact) mass is 396 g/mol. The molecule has 0 saturated heterocycles. The number of hydrazine groups is 1. The average Bonchev–Trinajstić information content (AvgIpc) is 2.67. The number of benzene rings is 3. The molecule has 0 bridgehead atoms. The number of ether oxygens (including phenoxy) is 1. The summed E-state index contributed by atoms with van der Waals surface area (Å²) in [6.07, 6.45) is 0. The number of amides is 1. The largest absolute Gasteiger partial charge is 0.484 e. The van der Waals surface area contributed by atoms with E-state index >= 15 is 0 Å². The van der Waals surface area contributed by atoms with Crippen LogP contribution in [0.15, 0.2) is 89.4 Å². The quantitative estimate of drug-likeness (QED) is 0.614. The van der Waals surface area contributed by atoms with Crippen LogP contribution in [-0.4, -0.2) is 12.5 Å². The molecule has 4 nitrogen and oxygen atoms in total. The molecule has 0 fully saturated rings. The van der Waals surface area contributed by atoms with Gasteiger partial charge >= 0.3 is 0 Å². The second-order valence-corrected chi connectivity index (χ2v) is 6.20. The molecule has 0 atom stereocenters. The van der Waals surface area contributed by atoms with Crippen molar-refractivity contribution in [2.24, 2.45) is 0 Å². The number of nitrogens with zero attached hydrogens (tertiary/aromatic N) is 1. The number of carbonyl (C=O) groups is 1. The first-order chi connectivity index (χ1) is 12.2. The predicted molar refractivity (Wildman–Crippen MR) is 103 cm³/mol. The molecule has 3 aromatic carbocycles. The lowest BCUT2D eigenvalue weighted by atomic mass is 10.2. The maximum atomic E-state index is 12.4. The topological polar surface area (TPSA) is 41.6 Å². The highest BCUT2D eigenvalue weighted by molar-refractivity contribution is 9.10. The molecule has 5 heteroatoms. The molecular weight excluding hydrogens is 380 g/mol. The minimum absolute atomic E-state index is 0.0716. The van der Waals surface area contributed by atoms with Crippen molar-refractivity contribution in [1.82, 2.24) is 5.43 Å². The molecule has 0 aliphatic rings. The van der Waals surface area contributed by atoms with Crippen LogP contribution in [0.3, 0.4) is 0 Å². The normalized spacial score (nSPS) is 10.1. The molecule has 25 heavy (non-hydrogen) atoms. The van der Waals surface area contributed by atoms with E-state index in [4.69, 9.17) is 4.74 Å². The van der Waals surface area contributed by atoms with E-state index in [9.17, 15) is 4.79 Å². The third kappa shape index (κ3) is 4.84. The Morgan fingerprint density at radius 1 is 0.840 bits per heavy atom. The van der Waals surface area contributed by atoms with E-state index in [1.165, 1.54) is 0 Å². The summed E-state index contributed by atoms with van der Waals surface area (Å²) in [5.41, 5.74) is 4.62. The molecule has 3 aromatic rings. The zero-order valence-corrected chi connectivity index (χ0v) is 15.0. The fourth-order valence-electron chi connectivity index (χ4n) is 2.27. The predicted octanol–water partition coefficient (Wildman–Crippen LogP) is 4.70. The Labute approximate surface area is 155 Å². The molecular formula is C20H17BrN2O2. The van der Waals surface area contributed by atoms with Crippen molar-refractivity contribution in [3.63, 3.8) is 0 Å². The van der Waals surface area contributed by atoms with E-state index in [2.05, 4.69) is 21.4 Å². The van der Waals surface area contributed by atoms with E-state index in [0.717, 1.165) is 15.8 Å². The lowest BCUT2D eigenvalue weighted by Gasteiger charge is -2.25. The van der Waals surface area contributed by atoms with Gasteiger partial charge in [-0.2, -0.15) is 0 Å². The summed E-state index contributed by atoms with van der Waals surface area (Å²) in [4.78, 5) is 12.4. The Bertz CT molecular complexity index is 769. The van der Waals surface area contributed by atoms with E-state index < -0.39 is 0 Å². The molecule has 0 radical (unpaired) electrons. The summed E-state index contributed by atoms with van der Waals surface area (Å²) < 4.78 is 6.50. The van der Waals surface area contributed by atoms with Crippen LogP contribution in [0.4, 0.5) is 11.4 Å². The first-order valence-corrected chi connectivity index (χ1v) is 8.60. The molecule has 1 N–H and O–H groups in total. The average molecular weight is 397 g/mol. The van der Waals surface area contributed by atoms with Crippen LogP contribution in [0, 0.1) is 0 Å². The van der Waals surface area contributed by atoms with Gasteiger partial charge in [0.2, 0.25) is 0 Å². The van der Waals surface area contributed by atoms with E-state index in [-0.39, 0.29) is 12.5 Å². The molecule has 0 spiro atoms. The van der Waals surface area contributed by atoms with Crippen molar-refractivity contribution in [2.75, 3.05) is 11.6 Å². The number of anilines is 2. The van der Waals surface area contributed by atoms with E-state index in [1.807, 2.05) is 84.9 Å². The highest BCUT2D eigenvalue weighted by atomic mass is 79.9. The molecule has 3 rings (SSSR count). The number of hydrogen-bond donors (Lipinski definition) is 1. The highest BCUT2D eigenvalue weighted by Gasteiger charge is 2.12. The summed E-state index contributed by atoms with van der Waals surface area (Å²) >= 11 is 3.37. The van der Waals surface area contributed by atoms with Gasteiger partial charge in [-0.3, -0.25) is 15.2 Å². The van der Waals surface area contributed by atoms with Gasteiger partial charge in [0.25, 0.3) is 5.91 Å². The molecule has 126 valence electrons. The van der Waals surface area contributed by atoms with Crippen LogP contribution in [0.5, 0.6) is 5.75 Å². The molecule has 0 saturated carbocycles. The number of nitrogens with one attached hydrogen (secondary N) is 1. The zero-order valence-electron chi connectivity index (χ0n) is 13.4. The maximum Gasteiger partial charge on any atom is 0.276 e. The van der Waals surface area contributed by atoms with Crippen LogP contribution in [0.25, 0.3) is 0 Å². The summed E-state index contributed by atoms with van der Waals surface area (Å²) in [6, 6.07) is 26.7.